The van der Waals surface area contributed by atoms with Gasteiger partial charge in [-0.1, -0.05) is 43.5 Å². The lowest BCUT2D eigenvalue weighted by atomic mass is 10.1. The Hall–Kier alpha value is -0.130. The van der Waals surface area contributed by atoms with Crippen molar-refractivity contribution >= 4 is 49.4 Å². The molecule has 2 nitrogen and oxygen atoms in total. The van der Waals surface area contributed by atoms with Gasteiger partial charge in [0, 0.05) is 5.02 Å². The number of carboxylic acids is 1. The molecule has 0 aliphatic rings. The van der Waals surface area contributed by atoms with Gasteiger partial charge in [-0.2, -0.15) is 0 Å². The zero-order valence-electron chi connectivity index (χ0n) is 6.60. The number of carboxylic acid groups (broad SMARTS) is 1. The molecule has 0 saturated carbocycles. The van der Waals surface area contributed by atoms with Crippen molar-refractivity contribution < 1.29 is 14.3 Å². The molecule has 0 heterocycles. The Bertz CT molecular complexity index is 382. The lowest BCUT2D eigenvalue weighted by Crippen LogP contribution is -2.01. The Morgan fingerprint density at radius 1 is 1.50 bits per heavy atom. The minimum atomic E-state index is -1.34. The molecule has 0 aliphatic carbocycles. The number of alkyl halides is 2. The van der Waals surface area contributed by atoms with Crippen LogP contribution >= 0.6 is 43.5 Å². The van der Waals surface area contributed by atoms with E-state index in [1.807, 2.05) is 0 Å². The quantitative estimate of drug-likeness (QED) is 0.823. The standard InChI is InChI=1S/C8H4Br2ClFO2/c9-7(10)3-2-6(12)4(8(13)14)1-5(3)11/h1-2,7H,(H,13,14). The summed E-state index contributed by atoms with van der Waals surface area (Å²) in [6.07, 6.45) is 0. The fourth-order valence-corrected chi connectivity index (χ4v) is 2.19. The molecular weight excluding hydrogens is 342 g/mol. The van der Waals surface area contributed by atoms with Gasteiger partial charge in [-0.15, -0.1) is 0 Å². The summed E-state index contributed by atoms with van der Waals surface area (Å²) in [6, 6.07) is 2.17. The highest BCUT2D eigenvalue weighted by atomic mass is 79.9. The van der Waals surface area contributed by atoms with Gasteiger partial charge < -0.3 is 5.11 Å². The zero-order valence-corrected chi connectivity index (χ0v) is 10.5. The SMILES string of the molecule is O=C(O)c1cc(Cl)c(C(Br)Br)cc1F. The number of carbonyl (C=O) groups is 1. The molecule has 0 saturated heterocycles. The monoisotopic (exact) mass is 344 g/mol. The molecule has 0 aliphatic heterocycles. The molecule has 1 N–H and O–H groups in total. The van der Waals surface area contributed by atoms with E-state index in [-0.39, 0.29) is 8.76 Å². The summed E-state index contributed by atoms with van der Waals surface area (Å²) in [4.78, 5) is 10.5. The maximum atomic E-state index is 13.2. The first-order chi connectivity index (χ1) is 6.43. The third kappa shape index (κ3) is 2.46. The van der Waals surface area contributed by atoms with E-state index in [2.05, 4.69) is 31.9 Å². The van der Waals surface area contributed by atoms with Gasteiger partial charge in [0.1, 0.15) is 5.82 Å². The van der Waals surface area contributed by atoms with Crippen LogP contribution in [0.2, 0.25) is 5.02 Å². The van der Waals surface area contributed by atoms with Crippen LogP contribution in [0.5, 0.6) is 0 Å². The fraction of sp³-hybridized carbons (Fsp3) is 0.125. The van der Waals surface area contributed by atoms with Crippen molar-refractivity contribution in [2.45, 2.75) is 3.74 Å². The predicted molar refractivity (Wildman–Crippen MR) is 59.0 cm³/mol. The van der Waals surface area contributed by atoms with Crippen LogP contribution in [0.1, 0.15) is 19.7 Å². The van der Waals surface area contributed by atoms with Crippen LogP contribution in [0, 0.1) is 5.82 Å². The molecular formula is C8H4Br2ClFO2. The van der Waals surface area contributed by atoms with Crippen molar-refractivity contribution in [2.75, 3.05) is 0 Å². The Morgan fingerprint density at radius 2 is 2.07 bits per heavy atom. The maximum Gasteiger partial charge on any atom is 0.338 e. The van der Waals surface area contributed by atoms with E-state index in [4.69, 9.17) is 16.7 Å². The molecule has 6 heteroatoms. The van der Waals surface area contributed by atoms with E-state index in [0.717, 1.165) is 12.1 Å². The van der Waals surface area contributed by atoms with Crippen molar-refractivity contribution in [3.05, 3.63) is 34.1 Å². The minimum absolute atomic E-state index is 0.197. The molecule has 0 bridgehead atoms. The molecule has 0 aromatic heterocycles. The summed E-state index contributed by atoms with van der Waals surface area (Å²) in [7, 11) is 0. The third-order valence-electron chi connectivity index (χ3n) is 1.55. The van der Waals surface area contributed by atoms with Crippen LogP contribution < -0.4 is 0 Å². The van der Waals surface area contributed by atoms with E-state index in [0.29, 0.717) is 5.56 Å². The molecule has 14 heavy (non-hydrogen) atoms. The lowest BCUT2D eigenvalue weighted by Gasteiger charge is -2.07. The van der Waals surface area contributed by atoms with Crippen molar-refractivity contribution in [3.8, 4) is 0 Å². The normalized spacial score (nSPS) is 10.6. The summed E-state index contributed by atoms with van der Waals surface area (Å²) < 4.78 is 12.9. The van der Waals surface area contributed by atoms with Gasteiger partial charge in [0.05, 0.1) is 9.30 Å². The first-order valence-electron chi connectivity index (χ1n) is 3.44. The average molecular weight is 346 g/mol. The molecule has 0 unspecified atom stereocenters. The number of hydrogen-bond acceptors (Lipinski definition) is 1. The summed E-state index contributed by atoms with van der Waals surface area (Å²) in [5, 5.41) is 8.79. The lowest BCUT2D eigenvalue weighted by molar-refractivity contribution is 0.0692. The topological polar surface area (TPSA) is 37.3 Å². The number of rotatable bonds is 2. The summed E-state index contributed by atoms with van der Waals surface area (Å²) in [5.41, 5.74) is 0.0218. The van der Waals surface area contributed by atoms with E-state index in [1.165, 1.54) is 0 Å². The highest BCUT2D eigenvalue weighted by Gasteiger charge is 2.16. The Labute approximate surface area is 101 Å². The maximum absolute atomic E-state index is 13.2. The molecule has 1 aromatic carbocycles. The minimum Gasteiger partial charge on any atom is -0.478 e. The van der Waals surface area contributed by atoms with E-state index >= 15 is 0 Å². The summed E-state index contributed by atoms with van der Waals surface area (Å²) in [5.74, 6) is -2.14. The second-order valence-corrected chi connectivity index (χ2v) is 5.93. The molecule has 0 amide bonds. The van der Waals surface area contributed by atoms with Gasteiger partial charge >= 0.3 is 5.97 Å². The Balaban J connectivity index is 3.31. The molecule has 1 aromatic rings. The van der Waals surface area contributed by atoms with Crippen molar-refractivity contribution in [3.63, 3.8) is 0 Å². The van der Waals surface area contributed by atoms with Crippen LogP contribution in [0.15, 0.2) is 12.1 Å². The van der Waals surface area contributed by atoms with Crippen LogP contribution in [0.3, 0.4) is 0 Å². The van der Waals surface area contributed by atoms with E-state index in [1.54, 1.807) is 0 Å². The van der Waals surface area contributed by atoms with Gasteiger partial charge in [-0.25, -0.2) is 9.18 Å². The highest BCUT2D eigenvalue weighted by molar-refractivity contribution is 9.24. The first-order valence-corrected chi connectivity index (χ1v) is 5.64. The number of halogens is 4. The first kappa shape index (κ1) is 11.9. The third-order valence-corrected chi connectivity index (χ3v) is 2.87. The second kappa shape index (κ2) is 4.59. The molecule has 0 spiro atoms. The van der Waals surface area contributed by atoms with E-state index < -0.39 is 17.3 Å². The molecule has 76 valence electrons. The number of benzene rings is 1. The molecule has 0 atom stereocenters. The fourth-order valence-electron chi connectivity index (χ4n) is 0.893. The van der Waals surface area contributed by atoms with Crippen molar-refractivity contribution in [1.82, 2.24) is 0 Å². The van der Waals surface area contributed by atoms with Crippen LogP contribution in [-0.2, 0) is 0 Å². The van der Waals surface area contributed by atoms with Crippen LogP contribution in [-0.4, -0.2) is 11.1 Å². The second-order valence-electron chi connectivity index (χ2n) is 2.46. The molecule has 0 radical (unpaired) electrons. The van der Waals surface area contributed by atoms with E-state index in [9.17, 15) is 9.18 Å². The summed E-state index contributed by atoms with van der Waals surface area (Å²) >= 11 is 12.0. The Kier molecular flexibility index (Phi) is 3.92. The highest BCUT2D eigenvalue weighted by Crippen LogP contribution is 2.35. The van der Waals surface area contributed by atoms with Crippen LogP contribution in [0.4, 0.5) is 4.39 Å². The molecule has 1 rings (SSSR count). The van der Waals surface area contributed by atoms with Gasteiger partial charge in [0.25, 0.3) is 0 Å². The summed E-state index contributed by atoms with van der Waals surface area (Å²) in [6.45, 7) is 0. The molecule has 0 fully saturated rings. The Morgan fingerprint density at radius 3 is 2.50 bits per heavy atom. The van der Waals surface area contributed by atoms with Gasteiger partial charge in [0.15, 0.2) is 0 Å². The van der Waals surface area contributed by atoms with Gasteiger partial charge in [-0.05, 0) is 17.7 Å². The van der Waals surface area contributed by atoms with Gasteiger partial charge in [0.2, 0.25) is 0 Å². The van der Waals surface area contributed by atoms with Gasteiger partial charge in [-0.3, -0.25) is 0 Å². The number of hydrogen-bond donors (Lipinski definition) is 1. The smallest absolute Gasteiger partial charge is 0.338 e. The van der Waals surface area contributed by atoms with Crippen molar-refractivity contribution in [1.29, 1.82) is 0 Å². The predicted octanol–water partition coefficient (Wildman–Crippen LogP) is 3.97. The number of aromatic carboxylic acids is 1. The largest absolute Gasteiger partial charge is 0.478 e. The van der Waals surface area contributed by atoms with Crippen LogP contribution in [0.25, 0.3) is 0 Å². The van der Waals surface area contributed by atoms with Crippen molar-refractivity contribution in [2.24, 2.45) is 0 Å². The average Bonchev–Trinajstić information content (AvgIpc) is 2.07. The zero-order chi connectivity index (χ0) is 10.9.